The van der Waals surface area contributed by atoms with Crippen molar-refractivity contribution in [3.8, 4) is 0 Å². The number of carboxylic acids is 1. The molecule has 1 aromatic heterocycles. The first-order valence-electron chi connectivity index (χ1n) is 3.53. The zero-order valence-corrected chi connectivity index (χ0v) is 6.87. The Labute approximate surface area is 72.8 Å². The van der Waals surface area contributed by atoms with Crippen molar-refractivity contribution >= 4 is 5.97 Å². The van der Waals surface area contributed by atoms with Crippen LogP contribution in [-0.2, 0) is 18.3 Å². The fourth-order valence-corrected chi connectivity index (χ4v) is 1.07. The average Bonchev–Trinajstić information content (AvgIpc) is 2.30. The minimum absolute atomic E-state index is 0.0602. The van der Waals surface area contributed by atoms with Crippen LogP contribution in [0, 0.1) is 0 Å². The SMILES string of the molecule is Cn1ncc(CC(=O)O)c1C(F)F. The third-order valence-corrected chi connectivity index (χ3v) is 1.61. The number of aryl methyl sites for hydroxylation is 1. The summed E-state index contributed by atoms with van der Waals surface area (Å²) in [6.45, 7) is 0. The van der Waals surface area contributed by atoms with Gasteiger partial charge in [-0.1, -0.05) is 0 Å². The summed E-state index contributed by atoms with van der Waals surface area (Å²) < 4.78 is 25.6. The van der Waals surface area contributed by atoms with Gasteiger partial charge in [0.05, 0.1) is 12.6 Å². The Hall–Kier alpha value is -1.46. The highest BCUT2D eigenvalue weighted by Crippen LogP contribution is 2.22. The smallest absolute Gasteiger partial charge is 0.307 e. The third-order valence-electron chi connectivity index (χ3n) is 1.61. The number of alkyl halides is 2. The first-order chi connectivity index (χ1) is 6.02. The number of halogens is 2. The molecule has 0 amide bonds. The molecule has 1 rings (SSSR count). The fraction of sp³-hybridized carbons (Fsp3) is 0.429. The van der Waals surface area contributed by atoms with Crippen molar-refractivity contribution in [1.82, 2.24) is 9.78 Å². The zero-order valence-electron chi connectivity index (χ0n) is 6.87. The summed E-state index contributed by atoms with van der Waals surface area (Å²) in [5.74, 6) is -1.14. The van der Waals surface area contributed by atoms with Crippen molar-refractivity contribution in [2.45, 2.75) is 12.8 Å². The summed E-state index contributed by atoms with van der Waals surface area (Å²) in [6, 6.07) is 0. The molecule has 13 heavy (non-hydrogen) atoms. The molecule has 0 radical (unpaired) electrons. The van der Waals surface area contributed by atoms with Crippen LogP contribution >= 0.6 is 0 Å². The van der Waals surface area contributed by atoms with E-state index in [0.717, 1.165) is 10.9 Å². The van der Waals surface area contributed by atoms with E-state index in [1.165, 1.54) is 7.05 Å². The van der Waals surface area contributed by atoms with E-state index in [4.69, 9.17) is 5.11 Å². The Morgan fingerprint density at radius 2 is 2.38 bits per heavy atom. The molecular weight excluding hydrogens is 182 g/mol. The quantitative estimate of drug-likeness (QED) is 0.773. The van der Waals surface area contributed by atoms with Gasteiger partial charge in [0.2, 0.25) is 0 Å². The van der Waals surface area contributed by atoms with E-state index >= 15 is 0 Å². The lowest BCUT2D eigenvalue weighted by atomic mass is 10.2. The van der Waals surface area contributed by atoms with E-state index in [0.29, 0.717) is 0 Å². The van der Waals surface area contributed by atoms with Gasteiger partial charge in [-0.2, -0.15) is 5.10 Å². The van der Waals surface area contributed by atoms with Gasteiger partial charge in [0.1, 0.15) is 5.69 Å². The highest BCUT2D eigenvalue weighted by molar-refractivity contribution is 5.70. The summed E-state index contributed by atoms with van der Waals surface area (Å²) >= 11 is 0. The van der Waals surface area contributed by atoms with Gasteiger partial charge in [0.15, 0.2) is 0 Å². The summed E-state index contributed by atoms with van der Waals surface area (Å²) in [6.07, 6.45) is -1.97. The van der Waals surface area contributed by atoms with E-state index in [1.54, 1.807) is 0 Å². The average molecular weight is 190 g/mol. The second-order valence-corrected chi connectivity index (χ2v) is 2.55. The van der Waals surface area contributed by atoms with Crippen LogP contribution in [0.1, 0.15) is 17.7 Å². The number of hydrogen-bond acceptors (Lipinski definition) is 2. The maximum Gasteiger partial charge on any atom is 0.307 e. The van der Waals surface area contributed by atoms with Crippen LogP contribution in [-0.4, -0.2) is 20.9 Å². The predicted octanol–water partition coefficient (Wildman–Crippen LogP) is 0.985. The van der Waals surface area contributed by atoms with E-state index in [9.17, 15) is 13.6 Å². The molecule has 0 bridgehead atoms. The topological polar surface area (TPSA) is 55.1 Å². The summed E-state index contributed by atoms with van der Waals surface area (Å²) in [5, 5.41) is 12.0. The Kier molecular flexibility index (Phi) is 2.60. The molecule has 1 N–H and O–H groups in total. The van der Waals surface area contributed by atoms with Crippen molar-refractivity contribution in [2.75, 3.05) is 0 Å². The molecule has 0 atom stereocenters. The zero-order chi connectivity index (χ0) is 10.0. The first kappa shape index (κ1) is 9.63. The first-order valence-corrected chi connectivity index (χ1v) is 3.53. The Morgan fingerprint density at radius 1 is 1.77 bits per heavy atom. The molecular formula is C7H8F2N2O2. The van der Waals surface area contributed by atoms with Crippen LogP contribution in [0.4, 0.5) is 8.78 Å². The Bertz CT molecular complexity index is 322. The lowest BCUT2D eigenvalue weighted by Crippen LogP contribution is -2.05. The largest absolute Gasteiger partial charge is 0.481 e. The fourth-order valence-electron chi connectivity index (χ4n) is 1.07. The van der Waals surface area contributed by atoms with Crippen LogP contribution < -0.4 is 0 Å². The van der Waals surface area contributed by atoms with Gasteiger partial charge in [-0.3, -0.25) is 9.48 Å². The highest BCUT2D eigenvalue weighted by atomic mass is 19.3. The van der Waals surface area contributed by atoms with Gasteiger partial charge in [-0.05, 0) is 0 Å². The molecule has 72 valence electrons. The molecule has 1 aromatic rings. The predicted molar refractivity (Wildman–Crippen MR) is 39.5 cm³/mol. The van der Waals surface area contributed by atoms with E-state index in [2.05, 4.69) is 5.10 Å². The second-order valence-electron chi connectivity index (χ2n) is 2.55. The minimum atomic E-state index is -2.69. The van der Waals surface area contributed by atoms with Crippen molar-refractivity contribution in [3.63, 3.8) is 0 Å². The van der Waals surface area contributed by atoms with Crippen LogP contribution in [0.15, 0.2) is 6.20 Å². The molecule has 6 heteroatoms. The van der Waals surface area contributed by atoms with Crippen LogP contribution in [0.5, 0.6) is 0 Å². The maximum atomic E-state index is 12.3. The van der Waals surface area contributed by atoms with Crippen molar-refractivity contribution in [3.05, 3.63) is 17.5 Å². The lowest BCUT2D eigenvalue weighted by Gasteiger charge is -2.02. The minimum Gasteiger partial charge on any atom is -0.481 e. The molecule has 0 aromatic carbocycles. The van der Waals surface area contributed by atoms with Crippen molar-refractivity contribution < 1.29 is 18.7 Å². The number of nitrogens with zero attached hydrogens (tertiary/aromatic N) is 2. The molecule has 0 saturated carbocycles. The summed E-state index contributed by atoms with van der Waals surface area (Å²) in [4.78, 5) is 10.3. The molecule has 0 unspecified atom stereocenters. The Balaban J connectivity index is 3.00. The van der Waals surface area contributed by atoms with E-state index in [1.807, 2.05) is 0 Å². The standard InChI is InChI=1S/C7H8F2N2O2/c1-11-6(7(8)9)4(3-10-11)2-5(12)13/h3,7H,2H2,1H3,(H,12,13). The highest BCUT2D eigenvalue weighted by Gasteiger charge is 2.19. The van der Waals surface area contributed by atoms with Crippen LogP contribution in [0.25, 0.3) is 0 Å². The van der Waals surface area contributed by atoms with Crippen LogP contribution in [0.2, 0.25) is 0 Å². The Morgan fingerprint density at radius 3 is 2.85 bits per heavy atom. The number of rotatable bonds is 3. The van der Waals surface area contributed by atoms with E-state index in [-0.39, 0.29) is 11.3 Å². The van der Waals surface area contributed by atoms with Crippen LogP contribution in [0.3, 0.4) is 0 Å². The monoisotopic (exact) mass is 190 g/mol. The number of aromatic nitrogens is 2. The number of hydrogen-bond donors (Lipinski definition) is 1. The van der Waals surface area contributed by atoms with Gasteiger partial charge in [0.25, 0.3) is 6.43 Å². The summed E-state index contributed by atoms with van der Waals surface area (Å²) in [5.41, 5.74) is -0.271. The molecule has 0 spiro atoms. The van der Waals surface area contributed by atoms with Crippen molar-refractivity contribution in [2.24, 2.45) is 7.05 Å². The molecule has 0 aliphatic carbocycles. The summed E-state index contributed by atoms with van der Waals surface area (Å²) in [7, 11) is 1.35. The molecule has 0 aliphatic rings. The molecule has 4 nitrogen and oxygen atoms in total. The number of aliphatic carboxylic acids is 1. The van der Waals surface area contributed by atoms with Gasteiger partial charge in [-0.25, -0.2) is 8.78 Å². The van der Waals surface area contributed by atoms with Crippen molar-refractivity contribution in [1.29, 1.82) is 0 Å². The molecule has 0 fully saturated rings. The number of carbonyl (C=O) groups is 1. The lowest BCUT2D eigenvalue weighted by molar-refractivity contribution is -0.136. The molecule has 0 saturated heterocycles. The second kappa shape index (κ2) is 3.51. The normalized spacial score (nSPS) is 10.8. The maximum absolute atomic E-state index is 12.3. The molecule has 1 heterocycles. The van der Waals surface area contributed by atoms with Gasteiger partial charge in [0, 0.05) is 12.6 Å². The van der Waals surface area contributed by atoms with E-state index < -0.39 is 18.8 Å². The number of carboxylic acid groups (broad SMARTS) is 1. The van der Waals surface area contributed by atoms with Gasteiger partial charge in [-0.15, -0.1) is 0 Å². The third kappa shape index (κ3) is 2.01. The molecule has 0 aliphatic heterocycles. The van der Waals surface area contributed by atoms with Gasteiger partial charge >= 0.3 is 5.97 Å². The van der Waals surface area contributed by atoms with Gasteiger partial charge < -0.3 is 5.11 Å².